The minimum absolute atomic E-state index is 0.323. The molecule has 0 aromatic heterocycles. The maximum Gasteiger partial charge on any atom is 0.0170 e. The van der Waals surface area contributed by atoms with Crippen molar-refractivity contribution in [2.24, 2.45) is 11.1 Å². The van der Waals surface area contributed by atoms with Gasteiger partial charge in [0.2, 0.25) is 0 Å². The van der Waals surface area contributed by atoms with Gasteiger partial charge in [0.15, 0.2) is 0 Å². The van der Waals surface area contributed by atoms with Crippen molar-refractivity contribution >= 4 is 0 Å². The zero-order chi connectivity index (χ0) is 7.94. The largest absolute Gasteiger partial charge is 0.327 e. The fraction of sp³-hybridized carbons (Fsp3) is 1.00. The number of hydrogen-bond acceptors (Lipinski definition) is 2. The SMILES string of the molecule is CN(C)[C@@H]1C[C@H](N)C1(C)C. The van der Waals surface area contributed by atoms with E-state index in [0.717, 1.165) is 6.42 Å². The smallest absolute Gasteiger partial charge is 0.0170 e. The van der Waals surface area contributed by atoms with E-state index >= 15 is 0 Å². The molecule has 0 heterocycles. The van der Waals surface area contributed by atoms with Gasteiger partial charge in [-0.1, -0.05) is 13.8 Å². The van der Waals surface area contributed by atoms with Crippen molar-refractivity contribution in [3.05, 3.63) is 0 Å². The van der Waals surface area contributed by atoms with E-state index < -0.39 is 0 Å². The van der Waals surface area contributed by atoms with E-state index in [-0.39, 0.29) is 0 Å². The lowest BCUT2D eigenvalue weighted by Gasteiger charge is -2.53. The van der Waals surface area contributed by atoms with Gasteiger partial charge in [-0.25, -0.2) is 0 Å². The van der Waals surface area contributed by atoms with Gasteiger partial charge < -0.3 is 10.6 Å². The second-order valence-electron chi connectivity index (χ2n) is 4.14. The molecule has 0 bridgehead atoms. The van der Waals surface area contributed by atoms with E-state index in [1.54, 1.807) is 0 Å². The summed E-state index contributed by atoms with van der Waals surface area (Å²) in [6, 6.07) is 1.09. The maximum atomic E-state index is 5.86. The molecule has 0 saturated heterocycles. The molecule has 2 atom stereocenters. The summed E-state index contributed by atoms with van der Waals surface area (Å²) in [6.07, 6.45) is 1.15. The molecule has 1 saturated carbocycles. The zero-order valence-electron chi connectivity index (χ0n) is 7.39. The number of nitrogens with zero attached hydrogens (tertiary/aromatic N) is 1. The predicted molar refractivity (Wildman–Crippen MR) is 43.8 cm³/mol. The fourth-order valence-electron chi connectivity index (χ4n) is 1.81. The third kappa shape index (κ3) is 0.956. The van der Waals surface area contributed by atoms with Crippen LogP contribution in [0.5, 0.6) is 0 Å². The van der Waals surface area contributed by atoms with Crippen molar-refractivity contribution in [2.75, 3.05) is 14.1 Å². The Morgan fingerprint density at radius 3 is 2.00 bits per heavy atom. The lowest BCUT2D eigenvalue weighted by molar-refractivity contribution is 0.00547. The standard InChI is InChI=1S/C8H18N2/c1-8(2)6(9)5-7(8)10(3)4/h6-7H,5,9H2,1-4H3/t6-,7+/m0/s1. The first-order chi connectivity index (χ1) is 4.46. The normalized spacial score (nSPS) is 37.8. The molecule has 2 nitrogen and oxygen atoms in total. The Balaban J connectivity index is 2.55. The topological polar surface area (TPSA) is 29.3 Å². The molecular weight excluding hydrogens is 124 g/mol. The molecule has 0 aromatic carbocycles. The van der Waals surface area contributed by atoms with Crippen LogP contribution in [0, 0.1) is 5.41 Å². The summed E-state index contributed by atoms with van der Waals surface area (Å²) in [6.45, 7) is 4.48. The van der Waals surface area contributed by atoms with Crippen LogP contribution in [0.2, 0.25) is 0 Å². The van der Waals surface area contributed by atoms with Gasteiger partial charge in [0, 0.05) is 12.1 Å². The molecule has 0 unspecified atom stereocenters. The van der Waals surface area contributed by atoms with Crippen LogP contribution in [0.15, 0.2) is 0 Å². The number of hydrogen-bond donors (Lipinski definition) is 1. The van der Waals surface area contributed by atoms with Gasteiger partial charge in [-0.15, -0.1) is 0 Å². The zero-order valence-corrected chi connectivity index (χ0v) is 7.39. The van der Waals surface area contributed by atoms with Crippen LogP contribution in [0.3, 0.4) is 0 Å². The summed E-state index contributed by atoms with van der Waals surface area (Å²) in [5.74, 6) is 0. The van der Waals surface area contributed by atoms with Crippen LogP contribution in [0.4, 0.5) is 0 Å². The van der Waals surface area contributed by atoms with Crippen molar-refractivity contribution in [3.8, 4) is 0 Å². The monoisotopic (exact) mass is 142 g/mol. The van der Waals surface area contributed by atoms with Crippen molar-refractivity contribution in [2.45, 2.75) is 32.4 Å². The lowest BCUT2D eigenvalue weighted by Crippen LogP contribution is -2.62. The molecule has 2 N–H and O–H groups in total. The maximum absolute atomic E-state index is 5.86. The van der Waals surface area contributed by atoms with Gasteiger partial charge in [0.25, 0.3) is 0 Å². The van der Waals surface area contributed by atoms with Gasteiger partial charge in [-0.3, -0.25) is 0 Å². The lowest BCUT2D eigenvalue weighted by atomic mass is 9.63. The fourth-order valence-corrected chi connectivity index (χ4v) is 1.81. The first-order valence-corrected chi connectivity index (χ1v) is 3.88. The van der Waals surface area contributed by atoms with E-state index in [1.807, 2.05) is 0 Å². The van der Waals surface area contributed by atoms with Crippen LogP contribution in [0.25, 0.3) is 0 Å². The summed E-state index contributed by atoms with van der Waals surface area (Å²) >= 11 is 0. The predicted octanol–water partition coefficient (Wildman–Crippen LogP) is 0.674. The van der Waals surface area contributed by atoms with Crippen LogP contribution in [0.1, 0.15) is 20.3 Å². The average Bonchev–Trinajstić information content (AvgIpc) is 1.82. The summed E-state index contributed by atoms with van der Waals surface area (Å²) in [5, 5.41) is 0. The minimum Gasteiger partial charge on any atom is -0.327 e. The highest BCUT2D eigenvalue weighted by molar-refractivity contribution is 5.03. The van der Waals surface area contributed by atoms with Gasteiger partial charge >= 0.3 is 0 Å². The van der Waals surface area contributed by atoms with Crippen molar-refractivity contribution in [3.63, 3.8) is 0 Å². The highest BCUT2D eigenvalue weighted by atomic mass is 15.1. The molecule has 60 valence electrons. The number of rotatable bonds is 1. The Kier molecular flexibility index (Phi) is 1.77. The highest BCUT2D eigenvalue weighted by Crippen LogP contribution is 2.41. The third-order valence-corrected chi connectivity index (χ3v) is 2.92. The quantitative estimate of drug-likeness (QED) is 0.583. The van der Waals surface area contributed by atoms with Crippen molar-refractivity contribution in [1.82, 2.24) is 4.90 Å². The minimum atomic E-state index is 0.323. The Hall–Kier alpha value is -0.0800. The third-order valence-electron chi connectivity index (χ3n) is 2.92. The molecule has 2 heteroatoms. The molecule has 0 aromatic rings. The van der Waals surface area contributed by atoms with Crippen LogP contribution < -0.4 is 5.73 Å². The molecule has 0 radical (unpaired) electrons. The Morgan fingerprint density at radius 2 is 1.90 bits per heavy atom. The van der Waals surface area contributed by atoms with E-state index in [9.17, 15) is 0 Å². The Bertz CT molecular complexity index is 129. The van der Waals surface area contributed by atoms with E-state index in [2.05, 4.69) is 32.8 Å². The van der Waals surface area contributed by atoms with Gasteiger partial charge in [0.1, 0.15) is 0 Å². The number of nitrogens with two attached hydrogens (primary N) is 1. The summed E-state index contributed by atoms with van der Waals surface area (Å²) in [5.41, 5.74) is 6.18. The van der Waals surface area contributed by atoms with E-state index in [0.29, 0.717) is 17.5 Å². The summed E-state index contributed by atoms with van der Waals surface area (Å²) in [7, 11) is 4.25. The van der Waals surface area contributed by atoms with Crippen LogP contribution >= 0.6 is 0 Å². The molecule has 0 spiro atoms. The molecule has 1 fully saturated rings. The van der Waals surface area contributed by atoms with E-state index in [1.165, 1.54) is 0 Å². The highest BCUT2D eigenvalue weighted by Gasteiger charge is 2.46. The molecule has 1 aliphatic carbocycles. The second-order valence-corrected chi connectivity index (χ2v) is 4.14. The average molecular weight is 142 g/mol. The summed E-state index contributed by atoms with van der Waals surface area (Å²) < 4.78 is 0. The molecule has 0 amide bonds. The van der Waals surface area contributed by atoms with Crippen LogP contribution in [-0.2, 0) is 0 Å². The molecule has 1 rings (SSSR count). The van der Waals surface area contributed by atoms with Gasteiger partial charge in [-0.2, -0.15) is 0 Å². The first-order valence-electron chi connectivity index (χ1n) is 3.88. The molecule has 10 heavy (non-hydrogen) atoms. The van der Waals surface area contributed by atoms with Gasteiger partial charge in [-0.05, 0) is 25.9 Å². The Morgan fingerprint density at radius 1 is 1.40 bits per heavy atom. The van der Waals surface area contributed by atoms with Gasteiger partial charge in [0.05, 0.1) is 0 Å². The molecule has 1 aliphatic rings. The second kappa shape index (κ2) is 2.21. The van der Waals surface area contributed by atoms with Crippen molar-refractivity contribution < 1.29 is 0 Å². The molecule has 0 aliphatic heterocycles. The van der Waals surface area contributed by atoms with Crippen molar-refractivity contribution in [1.29, 1.82) is 0 Å². The van der Waals surface area contributed by atoms with E-state index in [4.69, 9.17) is 5.73 Å². The Labute approximate surface area is 63.4 Å². The molecular formula is C8H18N2. The summed E-state index contributed by atoms with van der Waals surface area (Å²) in [4.78, 5) is 2.27. The van der Waals surface area contributed by atoms with Crippen LogP contribution in [-0.4, -0.2) is 31.1 Å². The first kappa shape index (κ1) is 8.02.